The van der Waals surface area contributed by atoms with Gasteiger partial charge in [0.25, 0.3) is 5.91 Å². The molecule has 2 aromatic rings. The van der Waals surface area contributed by atoms with Crippen molar-refractivity contribution < 1.29 is 4.79 Å². The van der Waals surface area contributed by atoms with E-state index in [9.17, 15) is 4.79 Å². The fraction of sp³-hybridized carbons (Fsp3) is 0.500. The van der Waals surface area contributed by atoms with E-state index >= 15 is 0 Å². The number of carbonyl (C=O) groups is 1. The van der Waals surface area contributed by atoms with E-state index in [2.05, 4.69) is 15.4 Å². The lowest BCUT2D eigenvalue weighted by molar-refractivity contribution is 0.0935. The van der Waals surface area contributed by atoms with Gasteiger partial charge in [0.2, 0.25) is 4.96 Å². The quantitative estimate of drug-likeness (QED) is 0.884. The van der Waals surface area contributed by atoms with Gasteiger partial charge in [-0.3, -0.25) is 4.79 Å². The first-order valence-electron chi connectivity index (χ1n) is 5.24. The molecule has 1 unspecified atom stereocenters. The van der Waals surface area contributed by atoms with Crippen LogP contribution in [0.4, 0.5) is 0 Å². The van der Waals surface area contributed by atoms with E-state index in [0.29, 0.717) is 5.69 Å². The van der Waals surface area contributed by atoms with Gasteiger partial charge in [-0.15, -0.1) is 0 Å². The number of hydrogen-bond acceptors (Lipinski definition) is 4. The van der Waals surface area contributed by atoms with E-state index in [4.69, 9.17) is 0 Å². The monoisotopic (exact) mass is 238 g/mol. The molecule has 0 aromatic carbocycles. The first kappa shape index (κ1) is 11.1. The van der Waals surface area contributed by atoms with Crippen LogP contribution in [0.2, 0.25) is 0 Å². The second-order valence-electron chi connectivity index (χ2n) is 3.76. The predicted molar refractivity (Wildman–Crippen MR) is 62.8 cm³/mol. The third kappa shape index (κ3) is 2.06. The number of hydrogen-bond donors (Lipinski definition) is 1. The van der Waals surface area contributed by atoms with Crippen molar-refractivity contribution in [1.29, 1.82) is 0 Å². The molecule has 0 spiro atoms. The van der Waals surface area contributed by atoms with Crippen molar-refractivity contribution in [1.82, 2.24) is 19.9 Å². The maximum absolute atomic E-state index is 11.8. The Morgan fingerprint density at radius 1 is 1.69 bits per heavy atom. The molecule has 0 saturated heterocycles. The van der Waals surface area contributed by atoms with Crippen molar-refractivity contribution in [2.75, 3.05) is 0 Å². The maximum atomic E-state index is 11.8. The highest BCUT2D eigenvalue weighted by Crippen LogP contribution is 2.13. The first-order chi connectivity index (χ1) is 7.60. The van der Waals surface area contributed by atoms with Crippen LogP contribution >= 0.6 is 11.3 Å². The van der Waals surface area contributed by atoms with Gasteiger partial charge in [-0.05, 0) is 20.3 Å². The first-order valence-corrected chi connectivity index (χ1v) is 6.05. The molecule has 0 aliphatic carbocycles. The standard InChI is InChI=1S/C10H14N4OS/c1-4-6(2)11-9(15)8-5-14-10(12-8)16-7(3)13-14/h5-6H,4H2,1-3H3,(H,11,15). The predicted octanol–water partition coefficient (Wildman–Crippen LogP) is 1.63. The zero-order chi connectivity index (χ0) is 11.7. The number of fused-ring (bicyclic) bond motifs is 1. The number of imidazole rings is 1. The van der Waals surface area contributed by atoms with E-state index < -0.39 is 0 Å². The van der Waals surface area contributed by atoms with Crippen LogP contribution in [0, 0.1) is 6.92 Å². The summed E-state index contributed by atoms with van der Waals surface area (Å²) in [4.78, 5) is 16.7. The normalized spacial score (nSPS) is 12.9. The number of nitrogens with zero attached hydrogens (tertiary/aromatic N) is 3. The van der Waals surface area contributed by atoms with E-state index in [0.717, 1.165) is 16.4 Å². The molecule has 5 nitrogen and oxygen atoms in total. The molecule has 1 atom stereocenters. The molecular weight excluding hydrogens is 224 g/mol. The van der Waals surface area contributed by atoms with Gasteiger partial charge in [0.15, 0.2) is 0 Å². The van der Waals surface area contributed by atoms with Gasteiger partial charge in [0.05, 0.1) is 6.20 Å². The van der Waals surface area contributed by atoms with Crippen molar-refractivity contribution in [3.05, 3.63) is 16.9 Å². The van der Waals surface area contributed by atoms with Gasteiger partial charge in [0.1, 0.15) is 10.7 Å². The molecule has 0 fully saturated rings. The van der Waals surface area contributed by atoms with Crippen molar-refractivity contribution >= 4 is 22.2 Å². The minimum absolute atomic E-state index is 0.135. The topological polar surface area (TPSA) is 59.3 Å². The number of rotatable bonds is 3. The van der Waals surface area contributed by atoms with Crippen LogP contribution in [-0.2, 0) is 0 Å². The fourth-order valence-electron chi connectivity index (χ4n) is 1.31. The third-order valence-electron chi connectivity index (χ3n) is 2.37. The molecule has 0 radical (unpaired) electrons. The molecule has 2 rings (SSSR count). The summed E-state index contributed by atoms with van der Waals surface area (Å²) in [6.45, 7) is 5.92. The van der Waals surface area contributed by atoms with E-state index in [-0.39, 0.29) is 11.9 Å². The Hall–Kier alpha value is -1.43. The molecule has 86 valence electrons. The second-order valence-corrected chi connectivity index (χ2v) is 4.92. The number of nitrogens with one attached hydrogen (secondary N) is 1. The van der Waals surface area contributed by atoms with Crippen molar-refractivity contribution in [2.24, 2.45) is 0 Å². The van der Waals surface area contributed by atoms with Crippen LogP contribution in [0.3, 0.4) is 0 Å². The molecular formula is C10H14N4OS. The average Bonchev–Trinajstić information content (AvgIpc) is 2.74. The van der Waals surface area contributed by atoms with Crippen LogP contribution < -0.4 is 5.32 Å². The molecule has 0 aliphatic heterocycles. The Bertz CT molecular complexity index is 484. The van der Waals surface area contributed by atoms with Crippen LogP contribution in [0.1, 0.15) is 35.8 Å². The van der Waals surface area contributed by atoms with Crippen LogP contribution in [0.5, 0.6) is 0 Å². The zero-order valence-corrected chi connectivity index (χ0v) is 10.3. The zero-order valence-electron chi connectivity index (χ0n) is 9.52. The van der Waals surface area contributed by atoms with Gasteiger partial charge in [-0.2, -0.15) is 5.10 Å². The minimum Gasteiger partial charge on any atom is -0.348 e. The highest BCUT2D eigenvalue weighted by molar-refractivity contribution is 7.16. The number of amides is 1. The lowest BCUT2D eigenvalue weighted by atomic mass is 10.2. The lowest BCUT2D eigenvalue weighted by Gasteiger charge is -2.08. The molecule has 0 saturated carbocycles. The van der Waals surface area contributed by atoms with Crippen molar-refractivity contribution in [3.63, 3.8) is 0 Å². The Morgan fingerprint density at radius 3 is 3.06 bits per heavy atom. The van der Waals surface area contributed by atoms with E-state index in [1.807, 2.05) is 20.8 Å². The summed E-state index contributed by atoms with van der Waals surface area (Å²) >= 11 is 1.48. The molecule has 16 heavy (non-hydrogen) atoms. The van der Waals surface area contributed by atoms with Crippen molar-refractivity contribution in [3.8, 4) is 0 Å². The number of aromatic nitrogens is 3. The number of aryl methyl sites for hydroxylation is 1. The molecule has 6 heteroatoms. The largest absolute Gasteiger partial charge is 0.348 e. The van der Waals surface area contributed by atoms with Gasteiger partial charge in [-0.1, -0.05) is 18.3 Å². The Balaban J connectivity index is 2.20. The summed E-state index contributed by atoms with van der Waals surface area (Å²) in [6, 6.07) is 0.168. The SMILES string of the molecule is CCC(C)NC(=O)c1cn2nc(C)sc2n1. The smallest absolute Gasteiger partial charge is 0.271 e. The molecule has 0 bridgehead atoms. The molecule has 0 aliphatic rings. The fourth-order valence-corrected chi connectivity index (χ4v) is 2.03. The Labute approximate surface area is 97.5 Å². The van der Waals surface area contributed by atoms with Gasteiger partial charge in [0, 0.05) is 6.04 Å². The van der Waals surface area contributed by atoms with Gasteiger partial charge >= 0.3 is 0 Å². The summed E-state index contributed by atoms with van der Waals surface area (Å²) < 4.78 is 1.64. The Morgan fingerprint density at radius 2 is 2.44 bits per heavy atom. The van der Waals surface area contributed by atoms with Crippen LogP contribution in [0.25, 0.3) is 4.96 Å². The Kier molecular flexibility index (Phi) is 2.91. The summed E-state index contributed by atoms with van der Waals surface area (Å²) in [7, 11) is 0. The maximum Gasteiger partial charge on any atom is 0.271 e. The second kappa shape index (κ2) is 4.21. The summed E-state index contributed by atoms with van der Waals surface area (Å²) in [6.07, 6.45) is 2.57. The summed E-state index contributed by atoms with van der Waals surface area (Å²) in [5, 5.41) is 8.02. The molecule has 2 aromatic heterocycles. The third-order valence-corrected chi connectivity index (χ3v) is 3.20. The van der Waals surface area contributed by atoms with E-state index in [1.165, 1.54) is 11.3 Å². The molecule has 2 heterocycles. The van der Waals surface area contributed by atoms with Crippen molar-refractivity contribution in [2.45, 2.75) is 33.2 Å². The summed E-state index contributed by atoms with van der Waals surface area (Å²) in [5.41, 5.74) is 0.430. The molecule has 1 amide bonds. The van der Waals surface area contributed by atoms with E-state index in [1.54, 1.807) is 10.7 Å². The van der Waals surface area contributed by atoms with Gasteiger partial charge < -0.3 is 5.32 Å². The highest BCUT2D eigenvalue weighted by Gasteiger charge is 2.14. The average molecular weight is 238 g/mol. The summed E-state index contributed by atoms with van der Waals surface area (Å²) in [5.74, 6) is -0.135. The minimum atomic E-state index is -0.135. The van der Waals surface area contributed by atoms with Gasteiger partial charge in [-0.25, -0.2) is 9.50 Å². The molecule has 1 N–H and O–H groups in total. The highest BCUT2D eigenvalue weighted by atomic mass is 32.1. The van der Waals surface area contributed by atoms with Crippen LogP contribution in [-0.4, -0.2) is 26.5 Å². The number of carbonyl (C=O) groups excluding carboxylic acids is 1. The van der Waals surface area contributed by atoms with Crippen LogP contribution in [0.15, 0.2) is 6.20 Å². The lowest BCUT2D eigenvalue weighted by Crippen LogP contribution is -2.32.